The zero-order valence-corrected chi connectivity index (χ0v) is 12.2. The van der Waals surface area contributed by atoms with E-state index in [1.807, 2.05) is 0 Å². The van der Waals surface area contributed by atoms with Crippen LogP contribution in [0.25, 0.3) is 0 Å². The summed E-state index contributed by atoms with van der Waals surface area (Å²) in [6, 6.07) is -0.0733. The lowest BCUT2D eigenvalue weighted by molar-refractivity contribution is -0.425. The first-order valence-corrected chi connectivity index (χ1v) is 7.46. The maximum Gasteiger partial charge on any atom is 0.251 e. The molecule has 2 fully saturated rings. The van der Waals surface area contributed by atoms with Crippen LogP contribution in [0.2, 0.25) is 0 Å². The Hall–Kier alpha value is -1.14. The van der Waals surface area contributed by atoms with Gasteiger partial charge < -0.3 is 25.6 Å². The third-order valence-electron chi connectivity index (χ3n) is 3.89. The summed E-state index contributed by atoms with van der Waals surface area (Å²) in [7, 11) is 0. The summed E-state index contributed by atoms with van der Waals surface area (Å²) in [6.07, 6.45) is 6.98. The van der Waals surface area contributed by atoms with Gasteiger partial charge in [0.15, 0.2) is 0 Å². The molecule has 0 spiro atoms. The largest absolute Gasteiger partial charge is 0.548 e. The van der Waals surface area contributed by atoms with E-state index in [0.717, 1.165) is 6.04 Å². The monoisotopic (exact) mass is 286 g/mol. The Kier molecular flexibility index (Phi) is 6.95. The second-order valence-electron chi connectivity index (χ2n) is 5.69. The predicted molar refractivity (Wildman–Crippen MR) is 71.2 cm³/mol. The van der Waals surface area contributed by atoms with E-state index in [-0.39, 0.29) is 0 Å². The lowest BCUT2D eigenvalue weighted by Crippen LogP contribution is -2.61. The van der Waals surface area contributed by atoms with Crippen molar-refractivity contribution in [2.75, 3.05) is 6.54 Å². The maximum atomic E-state index is 11.2. The van der Waals surface area contributed by atoms with Crippen molar-refractivity contribution in [1.29, 1.82) is 0 Å². The highest BCUT2D eigenvalue weighted by molar-refractivity contribution is 5.85. The molecule has 1 amide bonds. The van der Waals surface area contributed by atoms with Crippen LogP contribution in [0.1, 0.15) is 51.9 Å². The Labute approximate surface area is 119 Å². The van der Waals surface area contributed by atoms with Crippen LogP contribution in [0.15, 0.2) is 0 Å². The van der Waals surface area contributed by atoms with Crippen LogP contribution in [0.4, 0.5) is 0 Å². The summed E-state index contributed by atoms with van der Waals surface area (Å²) >= 11 is 0. The fraction of sp³-hybridized carbons (Fsp3) is 0.857. The number of aliphatic hydroxyl groups is 1. The second kappa shape index (κ2) is 8.21. The molecule has 0 bridgehead atoms. The normalized spacial score (nSPS) is 24.8. The Morgan fingerprint density at radius 2 is 1.80 bits per heavy atom. The number of carbonyl (C=O) groups is 2. The summed E-state index contributed by atoms with van der Waals surface area (Å²) in [5.41, 5.74) is 4.00. The zero-order valence-electron chi connectivity index (χ0n) is 12.2. The number of hydrogen-bond donors (Lipinski definition) is 2. The van der Waals surface area contributed by atoms with E-state index >= 15 is 0 Å². The summed E-state index contributed by atoms with van der Waals surface area (Å²) in [6.45, 7) is 1.72. The van der Waals surface area contributed by atoms with Gasteiger partial charge in [0, 0.05) is 6.54 Å². The molecule has 1 unspecified atom stereocenters. The van der Waals surface area contributed by atoms with E-state index < -0.39 is 24.0 Å². The van der Waals surface area contributed by atoms with Gasteiger partial charge in [0.25, 0.3) is 5.91 Å². The first-order chi connectivity index (χ1) is 9.43. The third-order valence-corrected chi connectivity index (χ3v) is 3.89. The number of quaternary nitrogens is 1. The van der Waals surface area contributed by atoms with Gasteiger partial charge in [-0.15, -0.1) is 0 Å². The number of amides is 1. The summed E-state index contributed by atoms with van der Waals surface area (Å²) in [4.78, 5) is 23.0. The van der Waals surface area contributed by atoms with Gasteiger partial charge >= 0.3 is 0 Å². The Bertz CT molecular complexity index is 327. The van der Waals surface area contributed by atoms with Crippen molar-refractivity contribution >= 4 is 11.9 Å². The molecule has 1 aliphatic carbocycles. The summed E-state index contributed by atoms with van der Waals surface area (Å²) < 4.78 is 0. The molecule has 0 aromatic heterocycles. The van der Waals surface area contributed by atoms with Crippen LogP contribution < -0.4 is 10.8 Å². The number of carboxylic acid groups (broad SMARTS) is 1. The van der Waals surface area contributed by atoms with E-state index in [0.29, 0.717) is 19.4 Å². The summed E-state index contributed by atoms with van der Waals surface area (Å²) in [5, 5.41) is 19.5. The first kappa shape index (κ1) is 16.9. The maximum absolute atomic E-state index is 11.2. The molecule has 20 heavy (non-hydrogen) atoms. The fourth-order valence-corrected chi connectivity index (χ4v) is 2.70. The van der Waals surface area contributed by atoms with Crippen LogP contribution in [-0.4, -0.2) is 46.6 Å². The Balaban J connectivity index is 0.000000240. The SMILES string of the molecule is CC(O)C(=O)N1CCC[C@H]1C(=O)[O-].[NH3+]C1CCCCC1. The quantitative estimate of drug-likeness (QED) is 0.655. The van der Waals surface area contributed by atoms with Crippen LogP contribution in [-0.2, 0) is 9.59 Å². The lowest BCUT2D eigenvalue weighted by atomic mass is 9.97. The topological polar surface area (TPSA) is 108 Å². The predicted octanol–water partition coefficient (Wildman–Crippen LogP) is -1.33. The number of aliphatic carboxylic acids is 1. The minimum absolute atomic E-state index is 0.391. The highest BCUT2D eigenvalue weighted by Gasteiger charge is 2.31. The van der Waals surface area contributed by atoms with Crippen molar-refractivity contribution in [1.82, 2.24) is 4.90 Å². The van der Waals surface area contributed by atoms with E-state index in [4.69, 9.17) is 5.11 Å². The van der Waals surface area contributed by atoms with E-state index in [1.54, 1.807) is 0 Å². The van der Waals surface area contributed by atoms with Crippen molar-refractivity contribution in [2.45, 2.75) is 70.1 Å². The average molecular weight is 286 g/mol. The van der Waals surface area contributed by atoms with Gasteiger partial charge in [-0.1, -0.05) is 6.42 Å². The number of nitrogens with zero attached hydrogens (tertiary/aromatic N) is 1. The molecule has 2 rings (SSSR count). The summed E-state index contributed by atoms with van der Waals surface area (Å²) in [5.74, 6) is -1.78. The smallest absolute Gasteiger partial charge is 0.251 e. The molecule has 0 radical (unpaired) electrons. The Morgan fingerprint density at radius 3 is 2.20 bits per heavy atom. The minimum Gasteiger partial charge on any atom is -0.548 e. The Morgan fingerprint density at radius 1 is 1.20 bits per heavy atom. The van der Waals surface area contributed by atoms with Crippen LogP contribution in [0, 0.1) is 0 Å². The zero-order chi connectivity index (χ0) is 15.1. The third kappa shape index (κ3) is 5.09. The molecule has 2 atom stereocenters. The number of rotatable bonds is 2. The molecular weight excluding hydrogens is 260 g/mol. The number of likely N-dealkylation sites (tertiary alicyclic amines) is 1. The van der Waals surface area contributed by atoms with E-state index in [1.165, 1.54) is 43.9 Å². The van der Waals surface area contributed by atoms with Crippen molar-refractivity contribution in [3.05, 3.63) is 0 Å². The minimum atomic E-state index is -1.24. The van der Waals surface area contributed by atoms with Gasteiger partial charge in [-0.25, -0.2) is 0 Å². The van der Waals surface area contributed by atoms with Gasteiger partial charge in [0.1, 0.15) is 6.10 Å². The number of carboxylic acids is 1. The molecule has 1 saturated heterocycles. The van der Waals surface area contributed by atoms with Crippen LogP contribution >= 0.6 is 0 Å². The fourth-order valence-electron chi connectivity index (χ4n) is 2.70. The van der Waals surface area contributed by atoms with E-state index in [2.05, 4.69) is 5.73 Å². The molecule has 1 heterocycles. The van der Waals surface area contributed by atoms with Gasteiger partial charge in [-0.3, -0.25) is 4.79 Å². The molecule has 0 aromatic rings. The van der Waals surface area contributed by atoms with Crippen molar-refractivity contribution in [3.8, 4) is 0 Å². The van der Waals surface area contributed by atoms with Crippen molar-refractivity contribution < 1.29 is 25.5 Å². The number of carbonyl (C=O) groups excluding carboxylic acids is 2. The van der Waals surface area contributed by atoms with Gasteiger partial charge in [-0.2, -0.15) is 0 Å². The van der Waals surface area contributed by atoms with Crippen molar-refractivity contribution in [2.24, 2.45) is 0 Å². The molecule has 6 heteroatoms. The average Bonchev–Trinajstić information content (AvgIpc) is 2.88. The van der Waals surface area contributed by atoms with E-state index in [9.17, 15) is 14.7 Å². The standard InChI is InChI=1S/C8H13NO4.C6H13N/c1-5(10)7(11)9-4-2-3-6(9)8(12)13;7-6-4-2-1-3-5-6/h5-6,10H,2-4H2,1H3,(H,12,13);6H,1-5,7H2/t5?,6-;/m0./s1. The van der Waals surface area contributed by atoms with Crippen molar-refractivity contribution in [3.63, 3.8) is 0 Å². The molecular formula is C14H26N2O4. The van der Waals surface area contributed by atoms with Gasteiger partial charge in [0.05, 0.1) is 18.1 Å². The molecule has 1 saturated carbocycles. The van der Waals surface area contributed by atoms with Crippen LogP contribution in [0.3, 0.4) is 0 Å². The van der Waals surface area contributed by atoms with Gasteiger partial charge in [-0.05, 0) is 45.4 Å². The second-order valence-corrected chi connectivity index (χ2v) is 5.69. The molecule has 116 valence electrons. The molecule has 1 aliphatic heterocycles. The highest BCUT2D eigenvalue weighted by Crippen LogP contribution is 2.17. The first-order valence-electron chi connectivity index (χ1n) is 7.46. The lowest BCUT2D eigenvalue weighted by Gasteiger charge is -2.26. The molecule has 4 N–H and O–H groups in total. The highest BCUT2D eigenvalue weighted by atomic mass is 16.4. The molecule has 0 aromatic carbocycles. The van der Waals surface area contributed by atoms with Gasteiger partial charge in [0.2, 0.25) is 0 Å². The molecule has 2 aliphatic rings. The van der Waals surface area contributed by atoms with Crippen LogP contribution in [0.5, 0.6) is 0 Å². The number of hydrogen-bond acceptors (Lipinski definition) is 4. The number of aliphatic hydroxyl groups excluding tert-OH is 1. The molecule has 6 nitrogen and oxygen atoms in total.